The summed E-state index contributed by atoms with van der Waals surface area (Å²) in [6.07, 6.45) is 8.21. The average Bonchev–Trinajstić information content (AvgIpc) is 2.92. The van der Waals surface area contributed by atoms with Crippen molar-refractivity contribution in [2.45, 2.75) is 74.8 Å². The maximum Gasteiger partial charge on any atom is 4.00 e. The van der Waals surface area contributed by atoms with Crippen molar-refractivity contribution in [3.8, 4) is 0 Å². The van der Waals surface area contributed by atoms with E-state index in [2.05, 4.69) is 95.2 Å². The van der Waals surface area contributed by atoms with E-state index in [-0.39, 0.29) is 37.3 Å². The SMILES string of the molecule is CO[Si](CC1=[C-]CC=C1)(OC)OC.[CH2-]C(C)(C)C.[CH2-]C(C)(C)C.[CH2-]C(C)(C)C.[Pt+4]. The molecule has 29 heavy (non-hydrogen) atoms. The first-order valence-electron chi connectivity index (χ1n) is 9.74. The van der Waals surface area contributed by atoms with Crippen LogP contribution in [0, 0.1) is 43.1 Å². The second-order valence-electron chi connectivity index (χ2n) is 10.5. The molecule has 0 N–H and O–H groups in total. The van der Waals surface area contributed by atoms with Crippen molar-refractivity contribution < 1.29 is 34.3 Å². The van der Waals surface area contributed by atoms with Crippen LogP contribution in [0.3, 0.4) is 0 Å². The summed E-state index contributed by atoms with van der Waals surface area (Å²) in [6, 6.07) is 0.701. The van der Waals surface area contributed by atoms with Crippen LogP contribution in [0.15, 0.2) is 17.7 Å². The fourth-order valence-corrected chi connectivity index (χ4v) is 2.91. The first kappa shape index (κ1) is 36.6. The van der Waals surface area contributed by atoms with Crippen LogP contribution >= 0.6 is 0 Å². The molecule has 0 aromatic heterocycles. The Labute approximate surface area is 199 Å². The van der Waals surface area contributed by atoms with Crippen LogP contribution < -0.4 is 0 Å². The normalized spacial score (nSPS) is 13.6. The Morgan fingerprint density at radius 1 is 0.793 bits per heavy atom. The van der Waals surface area contributed by atoms with Gasteiger partial charge in [0.1, 0.15) is 0 Å². The fraction of sp³-hybridized carbons (Fsp3) is 0.708. The molecule has 0 aromatic rings. The minimum Gasteiger partial charge on any atom is -0.377 e. The van der Waals surface area contributed by atoms with E-state index in [1.54, 1.807) is 21.3 Å². The Bertz CT molecular complexity index is 380. The summed E-state index contributed by atoms with van der Waals surface area (Å²) in [7, 11) is 2.44. The zero-order chi connectivity index (χ0) is 23.2. The zero-order valence-electron chi connectivity index (χ0n) is 21.2. The standard InChI is InChI=1S/C9H15O3Si.3C5H11.Pt/c1-10-13(11-2,12-3)8-9-6-4-5-7-9;3*1-5(2,3)4;/h4,6H,5,8H2,1-3H3;3*1H2,2-4H3;/q4*-1;+4. The van der Waals surface area contributed by atoms with E-state index in [9.17, 15) is 0 Å². The van der Waals surface area contributed by atoms with Crippen LogP contribution in [0.2, 0.25) is 6.04 Å². The summed E-state index contributed by atoms with van der Waals surface area (Å²) in [4.78, 5) is 0. The minimum atomic E-state index is -2.43. The van der Waals surface area contributed by atoms with Crippen molar-refractivity contribution in [2.24, 2.45) is 16.2 Å². The van der Waals surface area contributed by atoms with E-state index in [4.69, 9.17) is 13.3 Å². The molecule has 0 heterocycles. The Morgan fingerprint density at radius 3 is 1.24 bits per heavy atom. The summed E-state index contributed by atoms with van der Waals surface area (Å²) >= 11 is 0. The van der Waals surface area contributed by atoms with Gasteiger partial charge in [-0.25, -0.2) is 11.6 Å². The van der Waals surface area contributed by atoms with Gasteiger partial charge in [0.05, 0.1) is 0 Å². The molecule has 5 heteroatoms. The van der Waals surface area contributed by atoms with Crippen molar-refractivity contribution in [2.75, 3.05) is 21.3 Å². The summed E-state index contributed by atoms with van der Waals surface area (Å²) in [5.41, 5.74) is 1.87. The van der Waals surface area contributed by atoms with E-state index in [1.807, 2.05) is 6.08 Å². The third-order valence-corrected chi connectivity index (χ3v) is 4.79. The third kappa shape index (κ3) is 43.1. The molecule has 0 atom stereocenters. The molecule has 0 unspecified atom stereocenters. The van der Waals surface area contributed by atoms with Crippen molar-refractivity contribution in [1.29, 1.82) is 0 Å². The maximum atomic E-state index is 5.30. The van der Waals surface area contributed by atoms with Crippen LogP contribution in [0.5, 0.6) is 0 Å². The molecule has 1 aliphatic carbocycles. The smallest absolute Gasteiger partial charge is 0.377 e. The number of allylic oxidation sites excluding steroid dienone is 4. The first-order chi connectivity index (χ1) is 12.3. The largest absolute Gasteiger partial charge is 4.00 e. The Hall–Kier alpha value is 0.265. The molecule has 0 fully saturated rings. The summed E-state index contributed by atoms with van der Waals surface area (Å²) in [5.74, 6) is 0. The number of hydrogen-bond donors (Lipinski definition) is 0. The molecular weight excluding hydrogens is 559 g/mol. The molecule has 0 radical (unpaired) electrons. The Kier molecular flexibility index (Phi) is 21.3. The molecule has 1 rings (SSSR count). The molecular formula is C24H48O3PtSi. The van der Waals surface area contributed by atoms with Crippen LogP contribution in [-0.2, 0) is 34.3 Å². The molecule has 0 aromatic carbocycles. The van der Waals surface area contributed by atoms with Gasteiger partial charge >= 0.3 is 29.9 Å². The van der Waals surface area contributed by atoms with Crippen LogP contribution in [0.4, 0.5) is 0 Å². The van der Waals surface area contributed by atoms with Crippen molar-refractivity contribution in [1.82, 2.24) is 0 Å². The van der Waals surface area contributed by atoms with Gasteiger partial charge in [-0.1, -0.05) is 62.3 Å². The van der Waals surface area contributed by atoms with E-state index >= 15 is 0 Å². The molecule has 1 aliphatic rings. The van der Waals surface area contributed by atoms with Gasteiger partial charge in [-0.15, -0.1) is 6.42 Å². The number of rotatable bonds is 5. The van der Waals surface area contributed by atoms with Crippen LogP contribution in [0.25, 0.3) is 0 Å². The van der Waals surface area contributed by atoms with Crippen molar-refractivity contribution >= 4 is 8.80 Å². The summed E-state index contributed by atoms with van der Waals surface area (Å²) in [6.45, 7) is 30.0. The summed E-state index contributed by atoms with van der Waals surface area (Å²) in [5, 5.41) is 0. The summed E-state index contributed by atoms with van der Waals surface area (Å²) < 4.78 is 15.9. The molecule has 0 saturated carbocycles. The predicted octanol–water partition coefficient (Wildman–Crippen LogP) is 7.15. The van der Waals surface area contributed by atoms with E-state index in [0.717, 1.165) is 12.0 Å². The van der Waals surface area contributed by atoms with Crippen LogP contribution in [-0.4, -0.2) is 30.1 Å². The Morgan fingerprint density at radius 2 is 1.07 bits per heavy atom. The molecule has 0 bridgehead atoms. The van der Waals surface area contributed by atoms with E-state index in [0.29, 0.717) is 6.04 Å². The van der Waals surface area contributed by atoms with Gasteiger partial charge < -0.3 is 34.0 Å². The Balaban J connectivity index is -0.000000164. The van der Waals surface area contributed by atoms with Gasteiger partial charge in [-0.3, -0.25) is 6.08 Å². The predicted molar refractivity (Wildman–Crippen MR) is 127 cm³/mol. The van der Waals surface area contributed by atoms with Gasteiger partial charge in [0.2, 0.25) is 0 Å². The molecule has 0 saturated heterocycles. The van der Waals surface area contributed by atoms with Gasteiger partial charge in [-0.05, 0) is 0 Å². The average molecular weight is 608 g/mol. The monoisotopic (exact) mass is 607 g/mol. The van der Waals surface area contributed by atoms with Gasteiger partial charge in [0.25, 0.3) is 0 Å². The second-order valence-corrected chi connectivity index (χ2v) is 13.4. The van der Waals surface area contributed by atoms with Gasteiger partial charge in [0.15, 0.2) is 0 Å². The third-order valence-electron chi connectivity index (χ3n) is 2.11. The minimum absolute atomic E-state index is 0. The number of hydrogen-bond acceptors (Lipinski definition) is 3. The van der Waals surface area contributed by atoms with Crippen molar-refractivity contribution in [3.63, 3.8) is 0 Å². The van der Waals surface area contributed by atoms with Gasteiger partial charge in [0, 0.05) is 27.4 Å². The fourth-order valence-electron chi connectivity index (χ4n) is 1.27. The molecule has 0 amide bonds. The quantitative estimate of drug-likeness (QED) is 0.245. The topological polar surface area (TPSA) is 27.7 Å². The van der Waals surface area contributed by atoms with Crippen molar-refractivity contribution in [3.05, 3.63) is 44.6 Å². The first-order valence-corrected chi connectivity index (χ1v) is 11.7. The molecule has 3 nitrogen and oxygen atoms in total. The van der Waals surface area contributed by atoms with E-state index < -0.39 is 8.80 Å². The zero-order valence-corrected chi connectivity index (χ0v) is 24.5. The molecule has 176 valence electrons. The van der Waals surface area contributed by atoms with Gasteiger partial charge in [-0.2, -0.15) is 22.3 Å². The van der Waals surface area contributed by atoms with E-state index in [1.165, 1.54) is 0 Å². The molecule has 0 spiro atoms. The maximum absolute atomic E-state index is 5.30. The second kappa shape index (κ2) is 16.9. The van der Waals surface area contributed by atoms with Crippen LogP contribution in [0.1, 0.15) is 68.7 Å². The molecule has 0 aliphatic heterocycles.